The first-order valence-electron chi connectivity index (χ1n) is 7.91. The number of ether oxygens (including phenoxy) is 1. The summed E-state index contributed by atoms with van der Waals surface area (Å²) in [4.78, 5) is 15.3. The molecule has 0 radical (unpaired) electrons. The van der Waals surface area contributed by atoms with Gasteiger partial charge in [-0.3, -0.25) is 4.79 Å². The van der Waals surface area contributed by atoms with Gasteiger partial charge >= 0.3 is 0 Å². The van der Waals surface area contributed by atoms with Crippen LogP contribution < -0.4 is 10.1 Å². The summed E-state index contributed by atoms with van der Waals surface area (Å²) in [5.74, 6) is 0.344. The molecule has 0 aliphatic heterocycles. The quantitative estimate of drug-likeness (QED) is 0.741. The lowest BCUT2D eigenvalue weighted by Gasteiger charge is -2.14. The molecule has 1 heterocycles. The molecule has 24 heavy (non-hydrogen) atoms. The molecular weight excluding hydrogens is 300 g/mol. The van der Waals surface area contributed by atoms with E-state index in [9.17, 15) is 4.79 Å². The Hall–Kier alpha value is -3.01. The highest BCUT2D eigenvalue weighted by Crippen LogP contribution is 2.30. The van der Waals surface area contributed by atoms with Crippen molar-refractivity contribution in [3.8, 4) is 17.0 Å². The van der Waals surface area contributed by atoms with Gasteiger partial charge in [0.1, 0.15) is 11.8 Å². The number of hydrogen-bond donors (Lipinski definition) is 2. The number of hydrogen-bond acceptors (Lipinski definition) is 2. The molecule has 0 fully saturated rings. The van der Waals surface area contributed by atoms with E-state index < -0.39 is 0 Å². The maximum Gasteiger partial charge on any atom is 0.271 e. The van der Waals surface area contributed by atoms with E-state index in [-0.39, 0.29) is 12.0 Å². The lowest BCUT2D eigenvalue weighted by Crippen LogP contribution is -2.19. The first-order chi connectivity index (χ1) is 11.7. The topological polar surface area (TPSA) is 54.1 Å². The van der Waals surface area contributed by atoms with Crippen LogP contribution in [0.3, 0.4) is 0 Å². The normalized spacial score (nSPS) is 11.8. The minimum atomic E-state index is -0.201. The molecule has 1 aromatic heterocycles. The Labute approximate surface area is 141 Å². The fourth-order valence-electron chi connectivity index (χ4n) is 2.58. The molecule has 3 rings (SSSR count). The molecule has 2 aromatic carbocycles. The molecule has 0 unspecified atom stereocenters. The number of rotatable bonds is 5. The summed E-state index contributed by atoms with van der Waals surface area (Å²) in [5.41, 5.74) is 3.34. The summed E-state index contributed by atoms with van der Waals surface area (Å²) in [7, 11) is 1.61. The maximum absolute atomic E-state index is 12.2. The Morgan fingerprint density at radius 3 is 2.29 bits per heavy atom. The summed E-state index contributed by atoms with van der Waals surface area (Å²) in [6.45, 7) is 1.97. The summed E-state index contributed by atoms with van der Waals surface area (Å²) in [6, 6.07) is 21.7. The summed E-state index contributed by atoms with van der Waals surface area (Å²) < 4.78 is 6.06. The second-order valence-electron chi connectivity index (χ2n) is 5.54. The molecule has 0 saturated carbocycles. The van der Waals surface area contributed by atoms with Crippen molar-refractivity contribution in [1.82, 2.24) is 10.3 Å². The standard InChI is InChI=1S/C20H20N2O2/c1-14(15-9-5-3-6-10-15)24-18-13-17(16-11-7-4-8-12-16)22-19(18)20(23)21-2/h3-14,22H,1-2H3,(H,21,23)/t14-/m1/s1. The Bertz CT molecular complexity index is 810. The smallest absolute Gasteiger partial charge is 0.271 e. The fourth-order valence-corrected chi connectivity index (χ4v) is 2.58. The molecule has 1 atom stereocenters. The van der Waals surface area contributed by atoms with E-state index in [2.05, 4.69) is 10.3 Å². The van der Waals surface area contributed by atoms with E-state index in [1.165, 1.54) is 0 Å². The number of aromatic nitrogens is 1. The van der Waals surface area contributed by atoms with E-state index in [0.29, 0.717) is 11.4 Å². The lowest BCUT2D eigenvalue weighted by molar-refractivity contribution is 0.0952. The first kappa shape index (κ1) is 15.9. The van der Waals surface area contributed by atoms with E-state index >= 15 is 0 Å². The number of H-pyrrole nitrogens is 1. The molecule has 1 amide bonds. The Morgan fingerprint density at radius 2 is 1.67 bits per heavy atom. The van der Waals surface area contributed by atoms with Gasteiger partial charge in [0.15, 0.2) is 5.75 Å². The van der Waals surface area contributed by atoms with Crippen LogP contribution in [-0.2, 0) is 0 Å². The monoisotopic (exact) mass is 320 g/mol. The van der Waals surface area contributed by atoms with Gasteiger partial charge in [0.05, 0.1) is 0 Å². The average Bonchev–Trinajstić information content (AvgIpc) is 3.06. The zero-order chi connectivity index (χ0) is 16.9. The van der Waals surface area contributed by atoms with Gasteiger partial charge in [0.2, 0.25) is 0 Å². The third-order valence-electron chi connectivity index (χ3n) is 3.89. The zero-order valence-corrected chi connectivity index (χ0v) is 13.7. The highest BCUT2D eigenvalue weighted by Gasteiger charge is 2.19. The summed E-state index contributed by atoms with van der Waals surface area (Å²) in [5, 5.41) is 2.65. The van der Waals surface area contributed by atoms with Crippen molar-refractivity contribution in [2.24, 2.45) is 0 Å². The van der Waals surface area contributed by atoms with Crippen molar-refractivity contribution in [2.45, 2.75) is 13.0 Å². The van der Waals surface area contributed by atoms with Gasteiger partial charge in [0.25, 0.3) is 5.91 Å². The van der Waals surface area contributed by atoms with Crippen LogP contribution in [0.4, 0.5) is 0 Å². The number of amides is 1. The van der Waals surface area contributed by atoms with E-state index in [4.69, 9.17) is 4.74 Å². The van der Waals surface area contributed by atoms with Crippen molar-refractivity contribution in [1.29, 1.82) is 0 Å². The Balaban J connectivity index is 1.94. The van der Waals surface area contributed by atoms with Crippen LogP contribution in [0, 0.1) is 0 Å². The molecule has 0 bridgehead atoms. The highest BCUT2D eigenvalue weighted by molar-refractivity contribution is 5.96. The molecule has 0 spiro atoms. The van der Waals surface area contributed by atoms with E-state index in [0.717, 1.165) is 16.8 Å². The second-order valence-corrected chi connectivity index (χ2v) is 5.54. The molecule has 3 aromatic rings. The van der Waals surface area contributed by atoms with Crippen LogP contribution in [0.5, 0.6) is 5.75 Å². The van der Waals surface area contributed by atoms with Gasteiger partial charge in [-0.2, -0.15) is 0 Å². The van der Waals surface area contributed by atoms with Crippen molar-refractivity contribution >= 4 is 5.91 Å². The van der Waals surface area contributed by atoms with Crippen LogP contribution in [-0.4, -0.2) is 17.9 Å². The molecule has 0 saturated heterocycles. The highest BCUT2D eigenvalue weighted by atomic mass is 16.5. The number of benzene rings is 2. The van der Waals surface area contributed by atoms with Crippen LogP contribution in [0.25, 0.3) is 11.3 Å². The minimum Gasteiger partial charge on any atom is -0.484 e. The van der Waals surface area contributed by atoms with Crippen LogP contribution in [0.2, 0.25) is 0 Å². The van der Waals surface area contributed by atoms with Gasteiger partial charge in [-0.1, -0.05) is 60.7 Å². The van der Waals surface area contributed by atoms with Crippen molar-refractivity contribution in [2.75, 3.05) is 7.05 Å². The molecule has 4 heteroatoms. The second kappa shape index (κ2) is 7.04. The third kappa shape index (κ3) is 3.33. The van der Waals surface area contributed by atoms with Gasteiger partial charge in [-0.25, -0.2) is 0 Å². The molecular formula is C20H20N2O2. The number of nitrogens with one attached hydrogen (secondary N) is 2. The van der Waals surface area contributed by atoms with E-state index in [1.807, 2.05) is 73.7 Å². The van der Waals surface area contributed by atoms with Crippen LogP contribution in [0.1, 0.15) is 29.1 Å². The number of aromatic amines is 1. The Morgan fingerprint density at radius 1 is 1.04 bits per heavy atom. The largest absolute Gasteiger partial charge is 0.484 e. The molecule has 122 valence electrons. The van der Waals surface area contributed by atoms with Gasteiger partial charge in [-0.15, -0.1) is 0 Å². The van der Waals surface area contributed by atoms with Crippen molar-refractivity contribution in [3.05, 3.63) is 78.0 Å². The molecule has 0 aliphatic carbocycles. The van der Waals surface area contributed by atoms with E-state index in [1.54, 1.807) is 7.05 Å². The zero-order valence-electron chi connectivity index (χ0n) is 13.7. The molecule has 2 N–H and O–H groups in total. The SMILES string of the molecule is CNC(=O)c1[nH]c(-c2ccccc2)cc1O[C@H](C)c1ccccc1. The van der Waals surface area contributed by atoms with Gasteiger partial charge in [0, 0.05) is 18.8 Å². The average molecular weight is 320 g/mol. The van der Waals surface area contributed by atoms with Crippen molar-refractivity contribution in [3.63, 3.8) is 0 Å². The van der Waals surface area contributed by atoms with Crippen molar-refractivity contribution < 1.29 is 9.53 Å². The lowest BCUT2D eigenvalue weighted by atomic mass is 10.1. The van der Waals surface area contributed by atoms with Gasteiger partial charge < -0.3 is 15.0 Å². The number of carbonyl (C=O) groups excluding carboxylic acids is 1. The summed E-state index contributed by atoms with van der Waals surface area (Å²) in [6.07, 6.45) is -0.158. The Kier molecular flexibility index (Phi) is 4.66. The molecule has 0 aliphatic rings. The fraction of sp³-hybridized carbons (Fsp3) is 0.150. The minimum absolute atomic E-state index is 0.158. The first-order valence-corrected chi connectivity index (χ1v) is 7.91. The van der Waals surface area contributed by atoms with Gasteiger partial charge in [-0.05, 0) is 18.1 Å². The molecule has 4 nitrogen and oxygen atoms in total. The summed E-state index contributed by atoms with van der Waals surface area (Å²) >= 11 is 0. The third-order valence-corrected chi connectivity index (χ3v) is 3.89. The predicted molar refractivity (Wildman–Crippen MR) is 95.1 cm³/mol. The predicted octanol–water partition coefficient (Wildman–Crippen LogP) is 4.18. The van der Waals surface area contributed by atoms with Crippen LogP contribution in [0.15, 0.2) is 66.7 Å². The number of carbonyl (C=O) groups is 1. The van der Waals surface area contributed by atoms with Crippen LogP contribution >= 0.6 is 0 Å². The maximum atomic E-state index is 12.2.